The van der Waals surface area contributed by atoms with Crippen LogP contribution in [-0.4, -0.2) is 55.0 Å². The van der Waals surface area contributed by atoms with E-state index in [0.717, 1.165) is 6.54 Å². The summed E-state index contributed by atoms with van der Waals surface area (Å²) in [6.07, 6.45) is 1.31. The molecule has 0 bridgehead atoms. The van der Waals surface area contributed by atoms with E-state index in [4.69, 9.17) is 5.11 Å². The van der Waals surface area contributed by atoms with Crippen molar-refractivity contribution >= 4 is 15.8 Å². The van der Waals surface area contributed by atoms with Crippen LogP contribution in [0.5, 0.6) is 0 Å². The normalized spacial score (nSPS) is 34.9. The lowest BCUT2D eigenvalue weighted by atomic mass is 9.99. The third-order valence-electron chi connectivity index (χ3n) is 4.00. The highest BCUT2D eigenvalue weighted by Crippen LogP contribution is 2.28. The van der Waals surface area contributed by atoms with Gasteiger partial charge in [0.2, 0.25) is 0 Å². The number of carboxylic acid groups (broad SMARTS) is 1. The number of likely N-dealkylation sites (tertiary alicyclic amines) is 1. The lowest BCUT2D eigenvalue weighted by molar-refractivity contribution is -0.142. The van der Waals surface area contributed by atoms with Gasteiger partial charge in [0.1, 0.15) is 9.84 Å². The Morgan fingerprint density at radius 1 is 1.24 bits per heavy atom. The van der Waals surface area contributed by atoms with E-state index in [2.05, 4.69) is 4.90 Å². The highest BCUT2D eigenvalue weighted by molar-refractivity contribution is 7.91. The number of nitrogens with zero attached hydrogens (tertiary/aromatic N) is 1. The Kier molecular flexibility index (Phi) is 3.45. The van der Waals surface area contributed by atoms with Crippen molar-refractivity contribution in [3.63, 3.8) is 0 Å². The van der Waals surface area contributed by atoms with Crippen molar-refractivity contribution in [1.82, 2.24) is 4.90 Å². The largest absolute Gasteiger partial charge is 0.481 e. The number of carboxylic acids is 1. The smallest absolute Gasteiger partial charge is 0.308 e. The Balaban J connectivity index is 1.95. The Morgan fingerprint density at radius 3 is 2.29 bits per heavy atom. The second kappa shape index (κ2) is 4.57. The van der Waals surface area contributed by atoms with Gasteiger partial charge in [0.25, 0.3) is 0 Å². The summed E-state index contributed by atoms with van der Waals surface area (Å²) in [6.45, 7) is 3.31. The predicted molar refractivity (Wildman–Crippen MR) is 63.5 cm³/mol. The lowest BCUT2D eigenvalue weighted by Gasteiger charge is -2.30. The standard InChI is InChI=1S/C11H19NO4S/c1-8-6-12(7-10(8)11(13)14)9-2-4-17(15,16)5-3-9/h8-10H,2-7H2,1H3,(H,13,14). The minimum atomic E-state index is -2.83. The summed E-state index contributed by atoms with van der Waals surface area (Å²) in [4.78, 5) is 13.2. The van der Waals surface area contributed by atoms with Gasteiger partial charge in [0.05, 0.1) is 17.4 Å². The Morgan fingerprint density at radius 2 is 1.82 bits per heavy atom. The molecule has 5 nitrogen and oxygen atoms in total. The van der Waals surface area contributed by atoms with Crippen molar-refractivity contribution in [2.75, 3.05) is 24.6 Å². The molecule has 2 saturated heterocycles. The number of rotatable bonds is 2. The molecule has 0 aliphatic carbocycles. The Labute approximate surface area is 102 Å². The molecule has 0 aromatic heterocycles. The molecule has 98 valence electrons. The van der Waals surface area contributed by atoms with E-state index in [1.54, 1.807) is 0 Å². The molecule has 2 fully saturated rings. The van der Waals surface area contributed by atoms with E-state index in [9.17, 15) is 13.2 Å². The zero-order valence-electron chi connectivity index (χ0n) is 10.0. The molecule has 0 amide bonds. The van der Waals surface area contributed by atoms with E-state index in [1.807, 2.05) is 6.92 Å². The van der Waals surface area contributed by atoms with Crippen LogP contribution in [-0.2, 0) is 14.6 Å². The minimum Gasteiger partial charge on any atom is -0.481 e. The molecule has 17 heavy (non-hydrogen) atoms. The zero-order valence-corrected chi connectivity index (χ0v) is 10.8. The van der Waals surface area contributed by atoms with Crippen LogP contribution in [0.15, 0.2) is 0 Å². The summed E-state index contributed by atoms with van der Waals surface area (Å²) in [5, 5.41) is 9.06. The SMILES string of the molecule is CC1CN(C2CCS(=O)(=O)CC2)CC1C(=O)O. The van der Waals surface area contributed by atoms with E-state index in [-0.39, 0.29) is 29.4 Å². The van der Waals surface area contributed by atoms with Gasteiger partial charge in [-0.15, -0.1) is 0 Å². The maximum absolute atomic E-state index is 11.3. The molecule has 0 saturated carbocycles. The van der Waals surface area contributed by atoms with Gasteiger partial charge in [0, 0.05) is 19.1 Å². The fraction of sp³-hybridized carbons (Fsp3) is 0.909. The van der Waals surface area contributed by atoms with Crippen LogP contribution in [0, 0.1) is 11.8 Å². The topological polar surface area (TPSA) is 74.7 Å². The molecule has 2 heterocycles. The molecule has 2 atom stereocenters. The second-order valence-corrected chi connectivity index (χ2v) is 7.56. The van der Waals surface area contributed by atoms with Crippen molar-refractivity contribution < 1.29 is 18.3 Å². The molecule has 2 aliphatic rings. The van der Waals surface area contributed by atoms with Crippen LogP contribution in [0.3, 0.4) is 0 Å². The first-order valence-electron chi connectivity index (χ1n) is 6.06. The van der Waals surface area contributed by atoms with Crippen molar-refractivity contribution in [2.45, 2.75) is 25.8 Å². The summed E-state index contributed by atoms with van der Waals surface area (Å²) in [7, 11) is -2.83. The highest BCUT2D eigenvalue weighted by atomic mass is 32.2. The average molecular weight is 261 g/mol. The Hall–Kier alpha value is -0.620. The quantitative estimate of drug-likeness (QED) is 0.769. The lowest BCUT2D eigenvalue weighted by Crippen LogP contribution is -2.40. The first kappa shape index (κ1) is 12.8. The molecule has 0 aromatic rings. The van der Waals surface area contributed by atoms with Crippen molar-refractivity contribution in [3.8, 4) is 0 Å². The molecule has 1 N–H and O–H groups in total. The predicted octanol–water partition coefficient (Wildman–Crippen LogP) is 0.216. The number of carbonyl (C=O) groups is 1. The molecular formula is C11H19NO4S. The third-order valence-corrected chi connectivity index (χ3v) is 5.71. The maximum Gasteiger partial charge on any atom is 0.308 e. The van der Waals surface area contributed by atoms with Crippen LogP contribution in [0.2, 0.25) is 0 Å². The number of aliphatic carboxylic acids is 1. The summed E-state index contributed by atoms with van der Waals surface area (Å²) in [5.74, 6) is -0.372. The molecule has 2 aliphatic heterocycles. The monoisotopic (exact) mass is 261 g/mol. The number of hydrogen-bond acceptors (Lipinski definition) is 4. The summed E-state index contributed by atoms with van der Waals surface area (Å²) >= 11 is 0. The van der Waals surface area contributed by atoms with Gasteiger partial charge in [-0.2, -0.15) is 0 Å². The van der Waals surface area contributed by atoms with E-state index in [1.165, 1.54) is 0 Å². The van der Waals surface area contributed by atoms with Crippen LogP contribution in [0.25, 0.3) is 0 Å². The first-order chi connectivity index (χ1) is 7.89. The number of hydrogen-bond donors (Lipinski definition) is 1. The van der Waals surface area contributed by atoms with Gasteiger partial charge >= 0.3 is 5.97 Å². The highest BCUT2D eigenvalue weighted by Gasteiger charge is 2.39. The molecule has 6 heteroatoms. The van der Waals surface area contributed by atoms with Gasteiger partial charge in [-0.1, -0.05) is 6.92 Å². The van der Waals surface area contributed by atoms with Crippen LogP contribution in [0.4, 0.5) is 0 Å². The van der Waals surface area contributed by atoms with Gasteiger partial charge in [-0.05, 0) is 18.8 Å². The van der Waals surface area contributed by atoms with E-state index >= 15 is 0 Å². The fourth-order valence-corrected chi connectivity index (χ4v) is 4.33. The van der Waals surface area contributed by atoms with Gasteiger partial charge in [0.15, 0.2) is 0 Å². The van der Waals surface area contributed by atoms with Crippen LogP contribution >= 0.6 is 0 Å². The third kappa shape index (κ3) is 2.80. The van der Waals surface area contributed by atoms with Gasteiger partial charge in [-0.25, -0.2) is 8.42 Å². The fourth-order valence-electron chi connectivity index (χ4n) is 2.87. The zero-order chi connectivity index (χ0) is 12.6. The van der Waals surface area contributed by atoms with Crippen molar-refractivity contribution in [1.29, 1.82) is 0 Å². The minimum absolute atomic E-state index is 0.158. The van der Waals surface area contributed by atoms with Crippen molar-refractivity contribution in [3.05, 3.63) is 0 Å². The van der Waals surface area contributed by atoms with Crippen molar-refractivity contribution in [2.24, 2.45) is 11.8 Å². The van der Waals surface area contributed by atoms with Crippen LogP contribution < -0.4 is 0 Å². The van der Waals surface area contributed by atoms with E-state index in [0.29, 0.717) is 19.4 Å². The van der Waals surface area contributed by atoms with Gasteiger partial charge < -0.3 is 5.11 Å². The summed E-state index contributed by atoms with van der Waals surface area (Å²) in [5.41, 5.74) is 0. The molecule has 0 aromatic carbocycles. The number of sulfone groups is 1. The average Bonchev–Trinajstić information content (AvgIpc) is 2.60. The molecule has 0 radical (unpaired) electrons. The Bertz CT molecular complexity index is 392. The molecule has 2 rings (SSSR count). The first-order valence-corrected chi connectivity index (χ1v) is 7.88. The second-order valence-electron chi connectivity index (χ2n) is 5.26. The van der Waals surface area contributed by atoms with Crippen LogP contribution in [0.1, 0.15) is 19.8 Å². The summed E-state index contributed by atoms with van der Waals surface area (Å²) < 4.78 is 22.7. The molecule has 0 spiro atoms. The van der Waals surface area contributed by atoms with Gasteiger partial charge in [-0.3, -0.25) is 9.69 Å². The molecular weight excluding hydrogens is 242 g/mol. The summed E-state index contributed by atoms with van der Waals surface area (Å²) in [6, 6.07) is 0.255. The van der Waals surface area contributed by atoms with E-state index < -0.39 is 15.8 Å². The molecule has 2 unspecified atom stereocenters. The maximum atomic E-state index is 11.3.